The Hall–Kier alpha value is -1.39. The summed E-state index contributed by atoms with van der Waals surface area (Å²) in [5.74, 6) is -0.469. The molecule has 0 spiro atoms. The van der Waals surface area contributed by atoms with Crippen LogP contribution in [0.5, 0.6) is 0 Å². The Morgan fingerprint density at radius 2 is 1.87 bits per heavy atom. The Balaban J connectivity index is 2.45. The number of imide groups is 1. The van der Waals surface area contributed by atoms with Gasteiger partial charge in [0.2, 0.25) is 17.7 Å². The summed E-state index contributed by atoms with van der Waals surface area (Å²) >= 11 is 0. The molecular formula is C10H16N2O3. The van der Waals surface area contributed by atoms with Crippen molar-refractivity contribution in [3.05, 3.63) is 0 Å². The summed E-state index contributed by atoms with van der Waals surface area (Å²) in [6.45, 7) is 4.06. The molecule has 0 bridgehead atoms. The topological polar surface area (TPSA) is 66.5 Å². The Morgan fingerprint density at radius 1 is 1.33 bits per heavy atom. The van der Waals surface area contributed by atoms with Crippen molar-refractivity contribution in [3.63, 3.8) is 0 Å². The third-order valence-electron chi connectivity index (χ3n) is 2.24. The summed E-state index contributed by atoms with van der Waals surface area (Å²) in [6.07, 6.45) is 1.18. The molecule has 15 heavy (non-hydrogen) atoms. The monoisotopic (exact) mass is 212 g/mol. The van der Waals surface area contributed by atoms with Crippen LogP contribution in [0.2, 0.25) is 0 Å². The van der Waals surface area contributed by atoms with Crippen LogP contribution in [0.15, 0.2) is 0 Å². The van der Waals surface area contributed by atoms with E-state index in [1.54, 1.807) is 0 Å². The predicted octanol–water partition coefficient (Wildman–Crippen LogP) is -0.0924. The van der Waals surface area contributed by atoms with Gasteiger partial charge >= 0.3 is 0 Å². The third-order valence-corrected chi connectivity index (χ3v) is 2.24. The highest BCUT2D eigenvalue weighted by molar-refractivity contribution is 6.02. The van der Waals surface area contributed by atoms with Gasteiger partial charge in [-0.05, 0) is 12.3 Å². The summed E-state index contributed by atoms with van der Waals surface area (Å²) in [5.41, 5.74) is 0. The highest BCUT2D eigenvalue weighted by Crippen LogP contribution is 2.07. The molecular weight excluding hydrogens is 196 g/mol. The van der Waals surface area contributed by atoms with Crippen molar-refractivity contribution < 1.29 is 14.4 Å². The minimum Gasteiger partial charge on any atom is -0.324 e. The van der Waals surface area contributed by atoms with Crippen LogP contribution in [0, 0.1) is 5.92 Å². The van der Waals surface area contributed by atoms with Crippen molar-refractivity contribution >= 4 is 17.7 Å². The molecule has 0 radical (unpaired) electrons. The van der Waals surface area contributed by atoms with Crippen molar-refractivity contribution in [2.75, 3.05) is 13.1 Å². The lowest BCUT2D eigenvalue weighted by atomic mass is 10.1. The van der Waals surface area contributed by atoms with Crippen molar-refractivity contribution in [3.8, 4) is 0 Å². The first-order valence-corrected chi connectivity index (χ1v) is 5.09. The first kappa shape index (κ1) is 11.7. The van der Waals surface area contributed by atoms with Gasteiger partial charge in [0, 0.05) is 6.42 Å². The van der Waals surface area contributed by atoms with Gasteiger partial charge in [-0.2, -0.15) is 0 Å². The molecule has 1 heterocycles. The summed E-state index contributed by atoms with van der Waals surface area (Å²) in [6, 6.07) is 0. The van der Waals surface area contributed by atoms with E-state index >= 15 is 0 Å². The first-order chi connectivity index (χ1) is 6.99. The SMILES string of the molecule is CC(C)CCC(=O)N1CC(=O)NC(=O)C1. The lowest BCUT2D eigenvalue weighted by Gasteiger charge is -2.25. The van der Waals surface area contributed by atoms with E-state index in [1.165, 1.54) is 4.90 Å². The standard InChI is InChI=1S/C10H16N2O3/c1-7(2)3-4-10(15)12-5-8(13)11-9(14)6-12/h7H,3-6H2,1-2H3,(H,11,13,14). The van der Waals surface area contributed by atoms with Crippen molar-refractivity contribution in [2.45, 2.75) is 26.7 Å². The molecule has 0 aromatic carbocycles. The molecule has 0 aromatic heterocycles. The quantitative estimate of drug-likeness (QED) is 0.665. The molecule has 0 aliphatic carbocycles. The van der Waals surface area contributed by atoms with Crippen molar-refractivity contribution in [1.29, 1.82) is 0 Å². The maximum atomic E-state index is 11.6. The van der Waals surface area contributed by atoms with Gasteiger partial charge in [-0.15, -0.1) is 0 Å². The number of hydrogen-bond acceptors (Lipinski definition) is 3. The fourth-order valence-electron chi connectivity index (χ4n) is 1.38. The second kappa shape index (κ2) is 4.91. The molecule has 84 valence electrons. The van der Waals surface area contributed by atoms with Crippen LogP contribution in [-0.2, 0) is 14.4 Å². The molecule has 1 aliphatic rings. The second-order valence-electron chi connectivity index (χ2n) is 4.15. The molecule has 1 aliphatic heterocycles. The van der Waals surface area contributed by atoms with E-state index in [0.29, 0.717) is 12.3 Å². The maximum absolute atomic E-state index is 11.6. The molecule has 0 aromatic rings. The van der Waals surface area contributed by atoms with E-state index in [2.05, 4.69) is 5.32 Å². The van der Waals surface area contributed by atoms with Crippen LogP contribution in [0.4, 0.5) is 0 Å². The molecule has 3 amide bonds. The van der Waals surface area contributed by atoms with E-state index in [1.807, 2.05) is 13.8 Å². The average Bonchev–Trinajstić information content (AvgIpc) is 2.12. The highest BCUT2D eigenvalue weighted by atomic mass is 16.2. The maximum Gasteiger partial charge on any atom is 0.246 e. The molecule has 1 fully saturated rings. The lowest BCUT2D eigenvalue weighted by Crippen LogP contribution is -2.53. The molecule has 1 N–H and O–H groups in total. The fraction of sp³-hybridized carbons (Fsp3) is 0.700. The van der Waals surface area contributed by atoms with E-state index < -0.39 is 11.8 Å². The summed E-state index contributed by atoms with van der Waals surface area (Å²) in [7, 11) is 0. The van der Waals surface area contributed by atoms with Gasteiger partial charge in [0.15, 0.2) is 0 Å². The zero-order chi connectivity index (χ0) is 11.4. The van der Waals surface area contributed by atoms with Gasteiger partial charge in [-0.3, -0.25) is 19.7 Å². The molecule has 0 unspecified atom stereocenters. The van der Waals surface area contributed by atoms with E-state index in [9.17, 15) is 14.4 Å². The molecule has 1 rings (SSSR count). The number of rotatable bonds is 3. The number of hydrogen-bond donors (Lipinski definition) is 1. The van der Waals surface area contributed by atoms with E-state index in [4.69, 9.17) is 0 Å². The Bertz CT molecular complexity index is 270. The number of nitrogens with zero attached hydrogens (tertiary/aromatic N) is 1. The zero-order valence-electron chi connectivity index (χ0n) is 9.08. The Labute approximate surface area is 88.8 Å². The smallest absolute Gasteiger partial charge is 0.246 e. The highest BCUT2D eigenvalue weighted by Gasteiger charge is 2.25. The summed E-state index contributed by atoms with van der Waals surface area (Å²) in [5, 5.41) is 2.16. The molecule has 5 nitrogen and oxygen atoms in total. The minimum atomic E-state index is -0.399. The number of amides is 3. The van der Waals surface area contributed by atoms with Gasteiger partial charge < -0.3 is 4.90 Å². The molecule has 1 saturated heterocycles. The Morgan fingerprint density at radius 3 is 2.33 bits per heavy atom. The number of piperazine rings is 1. The van der Waals surface area contributed by atoms with Crippen LogP contribution >= 0.6 is 0 Å². The number of nitrogens with one attached hydrogen (secondary N) is 1. The van der Waals surface area contributed by atoms with Crippen LogP contribution in [0.25, 0.3) is 0 Å². The first-order valence-electron chi connectivity index (χ1n) is 5.09. The van der Waals surface area contributed by atoms with Crippen LogP contribution < -0.4 is 5.32 Å². The predicted molar refractivity (Wildman–Crippen MR) is 53.8 cm³/mol. The average molecular weight is 212 g/mol. The van der Waals surface area contributed by atoms with Crippen molar-refractivity contribution in [2.24, 2.45) is 5.92 Å². The van der Waals surface area contributed by atoms with Gasteiger partial charge in [-0.25, -0.2) is 0 Å². The van der Waals surface area contributed by atoms with E-state index in [0.717, 1.165) is 6.42 Å². The van der Waals surface area contributed by atoms with Crippen LogP contribution in [0.1, 0.15) is 26.7 Å². The summed E-state index contributed by atoms with van der Waals surface area (Å²) < 4.78 is 0. The van der Waals surface area contributed by atoms with E-state index in [-0.39, 0.29) is 19.0 Å². The van der Waals surface area contributed by atoms with Crippen LogP contribution in [0.3, 0.4) is 0 Å². The second-order valence-corrected chi connectivity index (χ2v) is 4.15. The fourth-order valence-corrected chi connectivity index (χ4v) is 1.38. The van der Waals surface area contributed by atoms with Gasteiger partial charge in [0.25, 0.3) is 0 Å². The summed E-state index contributed by atoms with van der Waals surface area (Å²) in [4.78, 5) is 34.9. The van der Waals surface area contributed by atoms with Crippen molar-refractivity contribution in [1.82, 2.24) is 10.2 Å². The van der Waals surface area contributed by atoms with Gasteiger partial charge in [0.1, 0.15) is 13.1 Å². The molecule has 0 saturated carbocycles. The zero-order valence-corrected chi connectivity index (χ0v) is 9.08. The number of carbonyl (C=O) groups is 3. The van der Waals surface area contributed by atoms with Gasteiger partial charge in [-0.1, -0.05) is 13.8 Å². The van der Waals surface area contributed by atoms with Gasteiger partial charge in [0.05, 0.1) is 0 Å². The molecule has 5 heteroatoms. The minimum absolute atomic E-state index is 0.00265. The normalized spacial score (nSPS) is 16.9. The van der Waals surface area contributed by atoms with Crippen LogP contribution in [-0.4, -0.2) is 35.7 Å². The lowest BCUT2D eigenvalue weighted by molar-refractivity contribution is -0.145. The number of carbonyl (C=O) groups excluding carboxylic acids is 3. The third kappa shape index (κ3) is 3.69. The molecule has 0 atom stereocenters. The Kier molecular flexibility index (Phi) is 3.82. The largest absolute Gasteiger partial charge is 0.324 e.